The first-order valence-electron chi connectivity index (χ1n) is 8.39. The zero-order chi connectivity index (χ0) is 16.8. The SMILES string of the molecule is O=C(Nc1cccc(C2CCCCC2)c1)Oc1ccc(CS)nc1. The van der Waals surface area contributed by atoms with Crippen molar-refractivity contribution in [1.82, 2.24) is 4.98 Å². The average molecular weight is 342 g/mol. The average Bonchev–Trinajstić information content (AvgIpc) is 2.63. The maximum absolute atomic E-state index is 12.0. The van der Waals surface area contributed by atoms with E-state index in [2.05, 4.69) is 35.1 Å². The van der Waals surface area contributed by atoms with Crippen LogP contribution >= 0.6 is 12.6 Å². The number of anilines is 1. The summed E-state index contributed by atoms with van der Waals surface area (Å²) in [6, 6.07) is 11.6. The van der Waals surface area contributed by atoms with Gasteiger partial charge in [-0.1, -0.05) is 31.4 Å². The molecule has 0 saturated heterocycles. The van der Waals surface area contributed by atoms with E-state index in [4.69, 9.17) is 4.74 Å². The van der Waals surface area contributed by atoms with E-state index in [0.717, 1.165) is 11.4 Å². The van der Waals surface area contributed by atoms with Crippen molar-refractivity contribution < 1.29 is 9.53 Å². The number of hydrogen-bond acceptors (Lipinski definition) is 4. The summed E-state index contributed by atoms with van der Waals surface area (Å²) < 4.78 is 5.27. The molecule has 1 amide bonds. The van der Waals surface area contributed by atoms with Gasteiger partial charge in [0.15, 0.2) is 5.75 Å². The third kappa shape index (κ3) is 4.51. The Morgan fingerprint density at radius 2 is 2.04 bits per heavy atom. The fourth-order valence-corrected chi connectivity index (χ4v) is 3.31. The lowest BCUT2D eigenvalue weighted by Gasteiger charge is -2.22. The Morgan fingerprint density at radius 3 is 2.75 bits per heavy atom. The number of hydrogen-bond donors (Lipinski definition) is 2. The number of thiol groups is 1. The number of nitrogens with zero attached hydrogens (tertiary/aromatic N) is 1. The van der Waals surface area contributed by atoms with Crippen LogP contribution in [0.15, 0.2) is 42.6 Å². The first kappa shape index (κ1) is 16.8. The highest BCUT2D eigenvalue weighted by Gasteiger charge is 2.16. The van der Waals surface area contributed by atoms with E-state index in [0.29, 0.717) is 17.4 Å². The molecule has 0 bridgehead atoms. The topological polar surface area (TPSA) is 51.2 Å². The second-order valence-electron chi connectivity index (χ2n) is 6.12. The second-order valence-corrected chi connectivity index (χ2v) is 6.43. The van der Waals surface area contributed by atoms with Gasteiger partial charge in [0.2, 0.25) is 0 Å². The minimum absolute atomic E-state index is 0.418. The summed E-state index contributed by atoms with van der Waals surface area (Å²) in [6.07, 6.45) is 7.41. The molecule has 5 heteroatoms. The molecular weight excluding hydrogens is 320 g/mol. The summed E-state index contributed by atoms with van der Waals surface area (Å²) in [7, 11) is 0. The molecule has 0 aliphatic heterocycles. The summed E-state index contributed by atoms with van der Waals surface area (Å²) in [5.74, 6) is 1.58. The molecule has 0 atom stereocenters. The zero-order valence-electron chi connectivity index (χ0n) is 13.6. The predicted molar refractivity (Wildman–Crippen MR) is 98.8 cm³/mol. The Labute approximate surface area is 148 Å². The maximum Gasteiger partial charge on any atom is 0.417 e. The number of benzene rings is 1. The number of carbonyl (C=O) groups excluding carboxylic acids is 1. The zero-order valence-corrected chi connectivity index (χ0v) is 14.5. The van der Waals surface area contributed by atoms with Crippen molar-refractivity contribution in [2.75, 3.05) is 5.32 Å². The van der Waals surface area contributed by atoms with Gasteiger partial charge in [-0.05, 0) is 48.6 Å². The molecule has 0 spiro atoms. The van der Waals surface area contributed by atoms with Gasteiger partial charge < -0.3 is 4.74 Å². The lowest BCUT2D eigenvalue weighted by atomic mass is 9.84. The molecule has 4 nitrogen and oxygen atoms in total. The van der Waals surface area contributed by atoms with Crippen LogP contribution in [-0.4, -0.2) is 11.1 Å². The van der Waals surface area contributed by atoms with E-state index in [9.17, 15) is 4.79 Å². The van der Waals surface area contributed by atoms with Crippen LogP contribution in [0.3, 0.4) is 0 Å². The van der Waals surface area contributed by atoms with Gasteiger partial charge in [0.05, 0.1) is 11.9 Å². The first-order chi connectivity index (χ1) is 11.7. The molecular formula is C19H22N2O2S. The molecule has 1 heterocycles. The van der Waals surface area contributed by atoms with E-state index in [1.807, 2.05) is 12.1 Å². The normalized spacial score (nSPS) is 15.0. The van der Waals surface area contributed by atoms with Crippen molar-refractivity contribution in [3.8, 4) is 5.75 Å². The number of pyridine rings is 1. The van der Waals surface area contributed by atoms with Gasteiger partial charge in [-0.25, -0.2) is 4.79 Å². The molecule has 126 valence electrons. The number of amides is 1. The Kier molecular flexibility index (Phi) is 5.75. The van der Waals surface area contributed by atoms with E-state index >= 15 is 0 Å². The van der Waals surface area contributed by atoms with Crippen LogP contribution < -0.4 is 10.1 Å². The maximum atomic E-state index is 12.0. The fourth-order valence-electron chi connectivity index (χ4n) is 3.12. The molecule has 0 radical (unpaired) electrons. The van der Waals surface area contributed by atoms with Crippen LogP contribution in [0.4, 0.5) is 10.5 Å². The molecule has 24 heavy (non-hydrogen) atoms. The highest BCUT2D eigenvalue weighted by Crippen LogP contribution is 2.33. The largest absolute Gasteiger partial charge is 0.417 e. The van der Waals surface area contributed by atoms with Crippen LogP contribution in [0, 0.1) is 0 Å². The molecule has 1 saturated carbocycles. The standard InChI is InChI=1S/C19H22N2O2S/c22-19(23-18-10-9-17(13-24)20-12-18)21-16-8-4-7-15(11-16)14-5-2-1-3-6-14/h4,7-12,14,24H,1-3,5-6,13H2,(H,21,22). The van der Waals surface area contributed by atoms with Gasteiger partial charge in [-0.3, -0.25) is 10.3 Å². The quantitative estimate of drug-likeness (QED) is 0.754. The second kappa shape index (κ2) is 8.20. The summed E-state index contributed by atoms with van der Waals surface area (Å²) in [5.41, 5.74) is 2.90. The van der Waals surface area contributed by atoms with Crippen molar-refractivity contribution in [3.63, 3.8) is 0 Å². The molecule has 1 fully saturated rings. The Morgan fingerprint density at radius 1 is 1.21 bits per heavy atom. The molecule has 0 unspecified atom stereocenters. The Balaban J connectivity index is 1.61. The third-order valence-corrected chi connectivity index (χ3v) is 4.70. The number of rotatable bonds is 4. The summed E-state index contributed by atoms with van der Waals surface area (Å²) in [6.45, 7) is 0. The summed E-state index contributed by atoms with van der Waals surface area (Å²) in [5, 5.41) is 2.79. The van der Waals surface area contributed by atoms with Gasteiger partial charge >= 0.3 is 6.09 Å². The van der Waals surface area contributed by atoms with E-state index in [-0.39, 0.29) is 0 Å². The third-order valence-electron chi connectivity index (χ3n) is 4.38. The molecule has 2 aromatic rings. The van der Waals surface area contributed by atoms with Gasteiger partial charge in [0, 0.05) is 11.4 Å². The molecule has 1 N–H and O–H groups in total. The Hall–Kier alpha value is -2.01. The van der Waals surface area contributed by atoms with Crippen molar-refractivity contribution >= 4 is 24.4 Å². The van der Waals surface area contributed by atoms with Crippen LogP contribution in [0.25, 0.3) is 0 Å². The first-order valence-corrected chi connectivity index (χ1v) is 9.02. The van der Waals surface area contributed by atoms with Crippen molar-refractivity contribution in [1.29, 1.82) is 0 Å². The minimum atomic E-state index is -0.504. The molecule has 3 rings (SSSR count). The van der Waals surface area contributed by atoms with Crippen molar-refractivity contribution in [2.45, 2.75) is 43.8 Å². The highest BCUT2D eigenvalue weighted by molar-refractivity contribution is 7.79. The molecule has 1 aromatic heterocycles. The molecule has 1 aliphatic rings. The van der Waals surface area contributed by atoms with Gasteiger partial charge in [0.25, 0.3) is 0 Å². The summed E-state index contributed by atoms with van der Waals surface area (Å²) in [4.78, 5) is 16.2. The van der Waals surface area contributed by atoms with Gasteiger partial charge in [0.1, 0.15) is 0 Å². The smallest absolute Gasteiger partial charge is 0.408 e. The minimum Gasteiger partial charge on any atom is -0.408 e. The highest BCUT2D eigenvalue weighted by atomic mass is 32.1. The Bertz CT molecular complexity index is 682. The van der Waals surface area contributed by atoms with Crippen LogP contribution in [-0.2, 0) is 5.75 Å². The number of ether oxygens (including phenoxy) is 1. The monoisotopic (exact) mass is 342 g/mol. The van der Waals surface area contributed by atoms with Crippen LogP contribution in [0.1, 0.15) is 49.3 Å². The predicted octanol–water partition coefficient (Wildman–Crippen LogP) is 5.17. The van der Waals surface area contributed by atoms with Crippen molar-refractivity contribution in [2.24, 2.45) is 0 Å². The van der Waals surface area contributed by atoms with Gasteiger partial charge in [-0.15, -0.1) is 0 Å². The summed E-state index contributed by atoms with van der Waals surface area (Å²) >= 11 is 4.15. The van der Waals surface area contributed by atoms with E-state index < -0.39 is 6.09 Å². The fraction of sp³-hybridized carbons (Fsp3) is 0.368. The lowest BCUT2D eigenvalue weighted by molar-refractivity contribution is 0.215. The van der Waals surface area contributed by atoms with Crippen molar-refractivity contribution in [3.05, 3.63) is 53.9 Å². The number of aromatic nitrogens is 1. The van der Waals surface area contributed by atoms with E-state index in [1.54, 1.807) is 12.1 Å². The molecule has 1 aromatic carbocycles. The van der Waals surface area contributed by atoms with Crippen LogP contribution in [0.5, 0.6) is 5.75 Å². The number of carbonyl (C=O) groups is 1. The lowest BCUT2D eigenvalue weighted by Crippen LogP contribution is -2.17. The van der Waals surface area contributed by atoms with Crippen LogP contribution in [0.2, 0.25) is 0 Å². The molecule has 1 aliphatic carbocycles. The van der Waals surface area contributed by atoms with E-state index in [1.165, 1.54) is 43.9 Å². The van der Waals surface area contributed by atoms with Gasteiger partial charge in [-0.2, -0.15) is 12.6 Å². The number of nitrogens with one attached hydrogen (secondary N) is 1.